The lowest BCUT2D eigenvalue weighted by molar-refractivity contribution is -0.389. The number of primary amides is 1. The number of carbonyl (C=O) groups excluding carboxylic acids is 1. The van der Waals surface area contributed by atoms with Gasteiger partial charge in [-0.3, -0.25) is 9.36 Å². The first-order valence-corrected chi connectivity index (χ1v) is 5.13. The lowest BCUT2D eigenvalue weighted by atomic mass is 10.2. The minimum atomic E-state index is -0.793. The van der Waals surface area contributed by atoms with Gasteiger partial charge in [-0.15, -0.1) is 0 Å². The summed E-state index contributed by atoms with van der Waals surface area (Å²) in [6.07, 6.45) is 1.20. The molecule has 2 rings (SSSR count). The number of rotatable bonds is 4. The van der Waals surface area contributed by atoms with Crippen LogP contribution >= 0.6 is 0 Å². The highest BCUT2D eigenvalue weighted by molar-refractivity contribution is 5.89. The van der Waals surface area contributed by atoms with Gasteiger partial charge in [-0.05, 0) is 15.5 Å². The molecule has 0 atom stereocenters. The molecule has 18 heavy (non-hydrogen) atoms. The predicted molar refractivity (Wildman–Crippen MR) is 62.9 cm³/mol. The highest BCUT2D eigenvalue weighted by Gasteiger charge is 2.22. The standard InChI is InChI=1S/C11H10N4O3/c12-10(16)11-13-9(15(17)18)7-14(11)6-8-4-2-1-3-5-8/h1-5,7H,6H2,(H2,12,16). The molecule has 1 aromatic carbocycles. The van der Waals surface area contributed by atoms with E-state index < -0.39 is 10.8 Å². The van der Waals surface area contributed by atoms with Crippen LogP contribution in [-0.4, -0.2) is 20.4 Å². The number of hydrogen-bond donors (Lipinski definition) is 1. The number of nitrogens with two attached hydrogens (primary N) is 1. The second kappa shape index (κ2) is 4.66. The summed E-state index contributed by atoms with van der Waals surface area (Å²) in [4.78, 5) is 24.7. The van der Waals surface area contributed by atoms with Crippen LogP contribution in [0.3, 0.4) is 0 Å². The zero-order valence-corrected chi connectivity index (χ0v) is 9.31. The third-order valence-corrected chi connectivity index (χ3v) is 2.37. The number of hydrogen-bond acceptors (Lipinski definition) is 4. The third-order valence-electron chi connectivity index (χ3n) is 2.37. The van der Waals surface area contributed by atoms with Crippen molar-refractivity contribution < 1.29 is 9.72 Å². The van der Waals surface area contributed by atoms with Crippen LogP contribution in [-0.2, 0) is 6.54 Å². The molecule has 0 unspecified atom stereocenters. The summed E-state index contributed by atoms with van der Waals surface area (Å²) in [6, 6.07) is 9.22. The van der Waals surface area contributed by atoms with Crippen LogP contribution in [0, 0.1) is 10.1 Å². The number of benzene rings is 1. The molecule has 0 aliphatic carbocycles. The average Bonchev–Trinajstić information content (AvgIpc) is 2.74. The Bertz CT molecular complexity index is 592. The minimum Gasteiger partial charge on any atom is -0.361 e. The van der Waals surface area contributed by atoms with Gasteiger partial charge in [-0.25, -0.2) is 0 Å². The Balaban J connectivity index is 2.37. The average molecular weight is 246 g/mol. The molecule has 0 saturated heterocycles. The molecule has 0 fully saturated rings. The Kier molecular flexibility index (Phi) is 3.05. The minimum absolute atomic E-state index is 0.120. The van der Waals surface area contributed by atoms with Crippen molar-refractivity contribution in [2.45, 2.75) is 6.54 Å². The Morgan fingerprint density at radius 1 is 1.39 bits per heavy atom. The highest BCUT2D eigenvalue weighted by Crippen LogP contribution is 2.13. The molecule has 0 spiro atoms. The van der Waals surface area contributed by atoms with Gasteiger partial charge in [0, 0.05) is 0 Å². The number of imidazole rings is 1. The molecule has 2 aromatic rings. The van der Waals surface area contributed by atoms with Gasteiger partial charge in [0.25, 0.3) is 0 Å². The monoisotopic (exact) mass is 246 g/mol. The summed E-state index contributed by atoms with van der Waals surface area (Å²) >= 11 is 0. The zero-order chi connectivity index (χ0) is 13.1. The fourth-order valence-corrected chi connectivity index (χ4v) is 1.59. The number of aromatic nitrogens is 2. The van der Waals surface area contributed by atoms with E-state index in [1.165, 1.54) is 10.8 Å². The summed E-state index contributed by atoms with van der Waals surface area (Å²) in [7, 11) is 0. The van der Waals surface area contributed by atoms with E-state index in [0.717, 1.165) is 5.56 Å². The number of amides is 1. The molecule has 2 N–H and O–H groups in total. The molecule has 0 saturated carbocycles. The third kappa shape index (κ3) is 2.34. The summed E-state index contributed by atoms with van der Waals surface area (Å²) in [5, 5.41) is 10.6. The van der Waals surface area contributed by atoms with E-state index in [-0.39, 0.29) is 11.6 Å². The van der Waals surface area contributed by atoms with Crippen LogP contribution in [0.1, 0.15) is 16.2 Å². The van der Waals surface area contributed by atoms with Crippen molar-refractivity contribution in [1.29, 1.82) is 0 Å². The van der Waals surface area contributed by atoms with Crippen LogP contribution in [0.15, 0.2) is 36.5 Å². The maximum atomic E-state index is 11.2. The first-order valence-electron chi connectivity index (χ1n) is 5.13. The fourth-order valence-electron chi connectivity index (χ4n) is 1.59. The van der Waals surface area contributed by atoms with Gasteiger partial charge in [0.1, 0.15) is 6.20 Å². The van der Waals surface area contributed by atoms with Crippen LogP contribution in [0.4, 0.5) is 5.82 Å². The second-order valence-corrected chi connectivity index (χ2v) is 3.66. The van der Waals surface area contributed by atoms with E-state index in [1.807, 2.05) is 30.3 Å². The lowest BCUT2D eigenvalue weighted by Crippen LogP contribution is -2.18. The van der Waals surface area contributed by atoms with E-state index in [4.69, 9.17) is 5.73 Å². The normalized spacial score (nSPS) is 10.2. The Morgan fingerprint density at radius 2 is 2.06 bits per heavy atom. The predicted octanol–water partition coefficient (Wildman–Crippen LogP) is 0.938. The van der Waals surface area contributed by atoms with Gasteiger partial charge >= 0.3 is 17.5 Å². The van der Waals surface area contributed by atoms with Gasteiger partial charge in [0.15, 0.2) is 0 Å². The summed E-state index contributed by atoms with van der Waals surface area (Å²) in [5.74, 6) is -1.30. The van der Waals surface area contributed by atoms with Gasteiger partial charge in [-0.1, -0.05) is 30.3 Å². The van der Waals surface area contributed by atoms with E-state index in [2.05, 4.69) is 4.98 Å². The van der Waals surface area contributed by atoms with Crippen molar-refractivity contribution in [1.82, 2.24) is 9.55 Å². The molecule has 0 aliphatic rings. The maximum Gasteiger partial charge on any atom is 0.382 e. The molecule has 0 radical (unpaired) electrons. The van der Waals surface area contributed by atoms with Crippen molar-refractivity contribution >= 4 is 11.7 Å². The van der Waals surface area contributed by atoms with E-state index in [9.17, 15) is 14.9 Å². The Hall–Kier alpha value is -2.70. The van der Waals surface area contributed by atoms with E-state index >= 15 is 0 Å². The Labute approximate surface area is 102 Å². The van der Waals surface area contributed by atoms with Crippen molar-refractivity contribution in [3.05, 3.63) is 58.0 Å². The van der Waals surface area contributed by atoms with E-state index in [0.29, 0.717) is 6.54 Å². The second-order valence-electron chi connectivity index (χ2n) is 3.66. The van der Waals surface area contributed by atoms with Crippen LogP contribution in [0.25, 0.3) is 0 Å². The fraction of sp³-hybridized carbons (Fsp3) is 0.0909. The Morgan fingerprint density at radius 3 is 2.61 bits per heavy atom. The first kappa shape index (κ1) is 11.8. The number of nitrogens with zero attached hydrogens (tertiary/aromatic N) is 3. The maximum absolute atomic E-state index is 11.2. The van der Waals surface area contributed by atoms with Gasteiger partial charge < -0.3 is 15.8 Å². The topological polar surface area (TPSA) is 104 Å². The van der Waals surface area contributed by atoms with Crippen molar-refractivity contribution in [2.24, 2.45) is 5.73 Å². The summed E-state index contributed by atoms with van der Waals surface area (Å²) in [6.45, 7) is 0.306. The molecule has 1 aromatic heterocycles. The smallest absolute Gasteiger partial charge is 0.361 e. The molecule has 7 nitrogen and oxygen atoms in total. The van der Waals surface area contributed by atoms with Gasteiger partial charge in [0.2, 0.25) is 0 Å². The molecule has 92 valence electrons. The largest absolute Gasteiger partial charge is 0.382 e. The molecular formula is C11H10N4O3. The zero-order valence-electron chi connectivity index (χ0n) is 9.31. The molecule has 1 amide bonds. The number of nitro groups is 1. The number of carbonyl (C=O) groups is 1. The molecule has 0 aliphatic heterocycles. The molecular weight excluding hydrogens is 236 g/mol. The molecule has 0 bridgehead atoms. The quantitative estimate of drug-likeness (QED) is 0.640. The SMILES string of the molecule is NC(=O)c1nc([N+](=O)[O-])cn1Cc1ccccc1. The molecule has 1 heterocycles. The summed E-state index contributed by atoms with van der Waals surface area (Å²) < 4.78 is 1.37. The van der Waals surface area contributed by atoms with Crippen LogP contribution in [0.5, 0.6) is 0 Å². The van der Waals surface area contributed by atoms with Gasteiger partial charge in [0.05, 0.1) is 6.54 Å². The highest BCUT2D eigenvalue weighted by atomic mass is 16.6. The molecule has 7 heteroatoms. The van der Waals surface area contributed by atoms with E-state index in [1.54, 1.807) is 0 Å². The lowest BCUT2D eigenvalue weighted by Gasteiger charge is -2.02. The van der Waals surface area contributed by atoms with Crippen molar-refractivity contribution in [2.75, 3.05) is 0 Å². The first-order chi connectivity index (χ1) is 8.58. The van der Waals surface area contributed by atoms with Crippen molar-refractivity contribution in [3.8, 4) is 0 Å². The van der Waals surface area contributed by atoms with Crippen molar-refractivity contribution in [3.63, 3.8) is 0 Å². The summed E-state index contributed by atoms with van der Waals surface area (Å²) in [5.41, 5.74) is 6.03. The van der Waals surface area contributed by atoms with Gasteiger partial charge in [-0.2, -0.15) is 0 Å². The van der Waals surface area contributed by atoms with Crippen LogP contribution < -0.4 is 5.73 Å². The van der Waals surface area contributed by atoms with Crippen LogP contribution in [0.2, 0.25) is 0 Å².